The van der Waals surface area contributed by atoms with Crippen molar-refractivity contribution in [3.63, 3.8) is 0 Å². The van der Waals surface area contributed by atoms with E-state index in [1.807, 2.05) is 0 Å². The molecule has 2 aliphatic heterocycles. The molecule has 3 heterocycles. The maximum atomic E-state index is 13.3. The van der Waals surface area contributed by atoms with E-state index in [9.17, 15) is 19.1 Å². The van der Waals surface area contributed by atoms with Crippen molar-refractivity contribution in [3.05, 3.63) is 64.9 Å². The van der Waals surface area contributed by atoms with Gasteiger partial charge in [-0.05, 0) is 69.3 Å². The Labute approximate surface area is 168 Å². The summed E-state index contributed by atoms with van der Waals surface area (Å²) in [6.07, 6.45) is 2.26. The van der Waals surface area contributed by atoms with Crippen LogP contribution in [0.2, 0.25) is 0 Å². The Balaban J connectivity index is 1.73. The number of aryl methyl sites for hydroxylation is 1. The molecule has 1 unspecified atom stereocenters. The molecule has 0 bridgehead atoms. The zero-order valence-electron chi connectivity index (χ0n) is 16.2. The highest BCUT2D eigenvalue weighted by atomic mass is 19.1. The van der Waals surface area contributed by atoms with E-state index in [1.54, 1.807) is 19.1 Å². The first kappa shape index (κ1) is 19.4. The number of hydrogen-bond acceptors (Lipinski definition) is 5. The molecule has 0 spiro atoms. The lowest BCUT2D eigenvalue weighted by atomic mass is 9.99. The van der Waals surface area contributed by atoms with E-state index in [2.05, 4.69) is 4.90 Å². The first-order valence-corrected chi connectivity index (χ1v) is 9.79. The number of likely N-dealkylation sites (tertiary alicyclic amines) is 2. The summed E-state index contributed by atoms with van der Waals surface area (Å²) >= 11 is 0. The molecule has 152 valence electrons. The third kappa shape index (κ3) is 3.70. The predicted octanol–water partition coefficient (Wildman–Crippen LogP) is 3.24. The van der Waals surface area contributed by atoms with Crippen LogP contribution in [0.4, 0.5) is 4.39 Å². The lowest BCUT2D eigenvalue weighted by Gasteiger charge is -2.25. The number of halogens is 1. The van der Waals surface area contributed by atoms with E-state index in [0.717, 1.165) is 25.9 Å². The largest absolute Gasteiger partial charge is 0.507 e. The number of carbonyl (C=O) groups is 2. The SMILES string of the molecule is Cc1ccc(C2/C(=C(\O)c3ccc(F)cc3)C(=O)C(=O)N2CCN2CCCC2)o1. The van der Waals surface area contributed by atoms with Crippen molar-refractivity contribution in [2.45, 2.75) is 25.8 Å². The van der Waals surface area contributed by atoms with Crippen molar-refractivity contribution in [3.8, 4) is 0 Å². The molecule has 7 heteroatoms. The van der Waals surface area contributed by atoms with Gasteiger partial charge in [-0.1, -0.05) is 0 Å². The van der Waals surface area contributed by atoms with Crippen LogP contribution in [0.1, 0.15) is 36.0 Å². The summed E-state index contributed by atoms with van der Waals surface area (Å²) in [7, 11) is 0. The number of aliphatic hydroxyl groups is 1. The molecular weight excluding hydrogens is 375 g/mol. The average Bonchev–Trinajstić information content (AvgIpc) is 3.42. The second-order valence-electron chi connectivity index (χ2n) is 7.50. The first-order valence-electron chi connectivity index (χ1n) is 9.79. The van der Waals surface area contributed by atoms with E-state index in [1.165, 1.54) is 29.2 Å². The van der Waals surface area contributed by atoms with Gasteiger partial charge in [0.25, 0.3) is 11.7 Å². The molecule has 1 atom stereocenters. The number of amides is 1. The maximum absolute atomic E-state index is 13.3. The lowest BCUT2D eigenvalue weighted by Crippen LogP contribution is -2.37. The molecule has 2 fully saturated rings. The topological polar surface area (TPSA) is 74.0 Å². The van der Waals surface area contributed by atoms with E-state index >= 15 is 0 Å². The van der Waals surface area contributed by atoms with Crippen LogP contribution in [0.5, 0.6) is 0 Å². The van der Waals surface area contributed by atoms with Gasteiger partial charge in [-0.15, -0.1) is 0 Å². The Morgan fingerprint density at radius 2 is 1.79 bits per heavy atom. The zero-order chi connectivity index (χ0) is 20.5. The van der Waals surface area contributed by atoms with Gasteiger partial charge in [0, 0.05) is 18.7 Å². The number of aliphatic hydroxyl groups excluding tert-OH is 1. The molecule has 29 heavy (non-hydrogen) atoms. The van der Waals surface area contributed by atoms with Crippen LogP contribution in [-0.4, -0.2) is 52.8 Å². The minimum atomic E-state index is -0.809. The molecule has 1 amide bonds. The number of hydrogen-bond donors (Lipinski definition) is 1. The number of nitrogens with zero attached hydrogens (tertiary/aromatic N) is 2. The number of carbonyl (C=O) groups excluding carboxylic acids is 2. The number of benzene rings is 1. The molecule has 0 aliphatic carbocycles. The van der Waals surface area contributed by atoms with Crippen LogP contribution in [0.3, 0.4) is 0 Å². The van der Waals surface area contributed by atoms with E-state index in [-0.39, 0.29) is 16.9 Å². The van der Waals surface area contributed by atoms with Gasteiger partial charge in [0.05, 0.1) is 5.57 Å². The second-order valence-corrected chi connectivity index (χ2v) is 7.50. The van der Waals surface area contributed by atoms with Crippen LogP contribution in [0.25, 0.3) is 5.76 Å². The van der Waals surface area contributed by atoms with E-state index < -0.39 is 23.5 Å². The van der Waals surface area contributed by atoms with Crippen molar-refractivity contribution in [2.24, 2.45) is 0 Å². The van der Waals surface area contributed by atoms with Gasteiger partial charge < -0.3 is 19.3 Å². The Bertz CT molecular complexity index is 957. The molecule has 6 nitrogen and oxygen atoms in total. The van der Waals surface area contributed by atoms with Crippen molar-refractivity contribution >= 4 is 17.4 Å². The Morgan fingerprint density at radius 3 is 2.41 bits per heavy atom. The Hall–Kier alpha value is -2.93. The quantitative estimate of drug-likeness (QED) is 0.476. The Kier molecular flexibility index (Phi) is 5.24. The summed E-state index contributed by atoms with van der Waals surface area (Å²) in [6.45, 7) is 4.74. The second kappa shape index (κ2) is 7.83. The fraction of sp³-hybridized carbons (Fsp3) is 0.364. The van der Waals surface area contributed by atoms with Crippen LogP contribution in [0.15, 0.2) is 46.4 Å². The van der Waals surface area contributed by atoms with Gasteiger partial charge in [0.1, 0.15) is 29.1 Å². The maximum Gasteiger partial charge on any atom is 0.295 e. The summed E-state index contributed by atoms with van der Waals surface area (Å²) in [4.78, 5) is 29.4. The van der Waals surface area contributed by atoms with Gasteiger partial charge in [0.2, 0.25) is 0 Å². The smallest absolute Gasteiger partial charge is 0.295 e. The standard InChI is InChI=1S/C22H23FN2O4/c1-14-4-9-17(29-14)19-18(20(26)15-5-7-16(23)8-6-15)21(27)22(28)25(19)13-12-24-10-2-3-11-24/h4-9,19,26H,2-3,10-13H2,1H3/b20-18+. The summed E-state index contributed by atoms with van der Waals surface area (Å²) in [6, 6.07) is 7.83. The van der Waals surface area contributed by atoms with Crippen LogP contribution < -0.4 is 0 Å². The fourth-order valence-corrected chi connectivity index (χ4v) is 4.03. The van der Waals surface area contributed by atoms with E-state index in [0.29, 0.717) is 24.6 Å². The fourth-order valence-electron chi connectivity index (χ4n) is 4.03. The monoisotopic (exact) mass is 398 g/mol. The molecule has 2 aliphatic rings. The first-order chi connectivity index (χ1) is 14.0. The molecule has 1 N–H and O–H groups in total. The molecule has 2 aromatic rings. The van der Waals surface area contributed by atoms with Gasteiger partial charge in [-0.2, -0.15) is 0 Å². The van der Waals surface area contributed by atoms with E-state index in [4.69, 9.17) is 4.42 Å². The zero-order valence-corrected chi connectivity index (χ0v) is 16.2. The molecular formula is C22H23FN2O4. The third-order valence-electron chi connectivity index (χ3n) is 5.54. The highest BCUT2D eigenvalue weighted by Crippen LogP contribution is 2.39. The molecule has 4 rings (SSSR count). The third-order valence-corrected chi connectivity index (χ3v) is 5.54. The molecule has 0 radical (unpaired) electrons. The number of furan rings is 1. The minimum Gasteiger partial charge on any atom is -0.507 e. The Morgan fingerprint density at radius 1 is 1.10 bits per heavy atom. The lowest BCUT2D eigenvalue weighted by molar-refractivity contribution is -0.140. The molecule has 2 saturated heterocycles. The number of ketones is 1. The van der Waals surface area contributed by atoms with Crippen LogP contribution in [-0.2, 0) is 9.59 Å². The van der Waals surface area contributed by atoms with Crippen molar-refractivity contribution in [1.29, 1.82) is 0 Å². The summed E-state index contributed by atoms with van der Waals surface area (Å²) in [5.41, 5.74) is 0.245. The van der Waals surface area contributed by atoms with Gasteiger partial charge >= 0.3 is 0 Å². The average molecular weight is 398 g/mol. The van der Waals surface area contributed by atoms with Gasteiger partial charge in [0.15, 0.2) is 0 Å². The van der Waals surface area contributed by atoms with Crippen molar-refractivity contribution < 1.29 is 23.5 Å². The van der Waals surface area contributed by atoms with Crippen LogP contribution in [0, 0.1) is 12.7 Å². The highest BCUT2D eigenvalue weighted by molar-refractivity contribution is 6.46. The minimum absolute atomic E-state index is 0.0302. The number of rotatable bonds is 5. The summed E-state index contributed by atoms with van der Waals surface area (Å²) in [5.74, 6) is -1.13. The molecule has 1 aromatic carbocycles. The highest BCUT2D eigenvalue weighted by Gasteiger charge is 2.47. The van der Waals surface area contributed by atoms with Crippen LogP contribution >= 0.6 is 0 Å². The molecule has 0 saturated carbocycles. The summed E-state index contributed by atoms with van der Waals surface area (Å²) in [5, 5.41) is 10.8. The van der Waals surface area contributed by atoms with Crippen molar-refractivity contribution in [1.82, 2.24) is 9.80 Å². The number of Topliss-reactive ketones (excluding diaryl/α,β-unsaturated/α-hetero) is 1. The predicted molar refractivity (Wildman–Crippen MR) is 105 cm³/mol. The normalized spacial score (nSPS) is 22.0. The van der Waals surface area contributed by atoms with Gasteiger partial charge in [-0.3, -0.25) is 9.59 Å². The van der Waals surface area contributed by atoms with Crippen molar-refractivity contribution in [2.75, 3.05) is 26.2 Å². The summed E-state index contributed by atoms with van der Waals surface area (Å²) < 4.78 is 19.0. The molecule has 1 aromatic heterocycles. The van der Waals surface area contributed by atoms with Gasteiger partial charge in [-0.25, -0.2) is 4.39 Å².